The van der Waals surface area contributed by atoms with Crippen molar-refractivity contribution in [2.75, 3.05) is 19.6 Å². The highest BCUT2D eigenvalue weighted by Gasteiger charge is 2.21. The van der Waals surface area contributed by atoms with Crippen LogP contribution in [0.1, 0.15) is 36.5 Å². The monoisotopic (exact) mass is 312 g/mol. The molecule has 0 aromatic heterocycles. The van der Waals surface area contributed by atoms with E-state index in [-0.39, 0.29) is 11.9 Å². The van der Waals surface area contributed by atoms with Crippen LogP contribution in [0.3, 0.4) is 0 Å². The Labute approximate surface area is 131 Å². The molecule has 1 amide bonds. The van der Waals surface area contributed by atoms with E-state index in [4.69, 9.17) is 11.6 Å². The number of benzene rings is 1. The van der Waals surface area contributed by atoms with Gasteiger partial charge in [0.05, 0.1) is 10.6 Å². The number of carbonyl (C=O) groups excluding carboxylic acids is 1. The first kappa shape index (κ1) is 15.7. The van der Waals surface area contributed by atoms with Crippen LogP contribution in [0.2, 0.25) is 5.02 Å². The number of halogens is 1. The van der Waals surface area contributed by atoms with Crippen LogP contribution in [0.5, 0.6) is 0 Å². The number of amides is 1. The maximum atomic E-state index is 12.3. The van der Waals surface area contributed by atoms with Gasteiger partial charge in [-0.25, -0.2) is 0 Å². The summed E-state index contributed by atoms with van der Waals surface area (Å²) in [4.78, 5) is 15.4. The van der Waals surface area contributed by atoms with Gasteiger partial charge in [0, 0.05) is 24.0 Å². The van der Waals surface area contributed by atoms with Crippen molar-refractivity contribution in [3.63, 3.8) is 0 Å². The van der Waals surface area contributed by atoms with E-state index in [1.54, 1.807) is 18.2 Å². The predicted molar refractivity (Wildman–Crippen MR) is 85.9 cm³/mol. The predicted octanol–water partition coefficient (Wildman–Crippen LogP) is 3.23. The number of likely N-dealkylation sites (tertiary alicyclic amines) is 1. The standard InChI is InChI=1S/C15H21ClN2OS/c1-2-7-18-8-5-11(6-9-18)17-15(19)13-10-12(20)3-4-14(13)16/h3-4,10-11,20H,2,5-9H2,1H3,(H,17,19). The van der Waals surface area contributed by atoms with Gasteiger partial charge in [-0.05, 0) is 44.0 Å². The van der Waals surface area contributed by atoms with Crippen molar-refractivity contribution >= 4 is 30.1 Å². The first-order valence-electron chi connectivity index (χ1n) is 7.12. The van der Waals surface area contributed by atoms with E-state index < -0.39 is 0 Å². The molecular formula is C15H21ClN2OS. The van der Waals surface area contributed by atoms with Gasteiger partial charge in [-0.2, -0.15) is 0 Å². The van der Waals surface area contributed by atoms with Gasteiger partial charge in [0.25, 0.3) is 5.91 Å². The zero-order chi connectivity index (χ0) is 14.5. The number of carbonyl (C=O) groups is 1. The molecule has 1 heterocycles. The van der Waals surface area contributed by atoms with Crippen LogP contribution < -0.4 is 5.32 Å². The average Bonchev–Trinajstić information content (AvgIpc) is 2.44. The SMILES string of the molecule is CCCN1CCC(NC(=O)c2cc(S)ccc2Cl)CC1. The minimum Gasteiger partial charge on any atom is -0.349 e. The molecule has 1 aromatic rings. The third-order valence-corrected chi connectivity index (χ3v) is 4.26. The fraction of sp³-hybridized carbons (Fsp3) is 0.533. The molecule has 1 N–H and O–H groups in total. The molecule has 0 bridgehead atoms. The molecule has 0 aliphatic carbocycles. The smallest absolute Gasteiger partial charge is 0.253 e. The number of nitrogens with zero attached hydrogens (tertiary/aromatic N) is 1. The topological polar surface area (TPSA) is 32.3 Å². The fourth-order valence-electron chi connectivity index (χ4n) is 2.57. The molecule has 20 heavy (non-hydrogen) atoms. The highest BCUT2D eigenvalue weighted by molar-refractivity contribution is 7.80. The number of nitrogens with one attached hydrogen (secondary N) is 1. The summed E-state index contributed by atoms with van der Waals surface area (Å²) in [6, 6.07) is 5.46. The second-order valence-corrected chi connectivity index (χ2v) is 6.18. The number of hydrogen-bond acceptors (Lipinski definition) is 3. The summed E-state index contributed by atoms with van der Waals surface area (Å²) in [6.07, 6.45) is 3.19. The van der Waals surface area contributed by atoms with Crippen LogP contribution in [-0.2, 0) is 0 Å². The van der Waals surface area contributed by atoms with Gasteiger partial charge in [-0.1, -0.05) is 18.5 Å². The van der Waals surface area contributed by atoms with Gasteiger partial charge in [-0.15, -0.1) is 12.6 Å². The van der Waals surface area contributed by atoms with Gasteiger partial charge in [0.1, 0.15) is 0 Å². The van der Waals surface area contributed by atoms with Crippen molar-refractivity contribution in [3.8, 4) is 0 Å². The van der Waals surface area contributed by atoms with E-state index in [1.807, 2.05) is 0 Å². The molecule has 5 heteroatoms. The van der Waals surface area contributed by atoms with Crippen molar-refractivity contribution in [1.82, 2.24) is 10.2 Å². The summed E-state index contributed by atoms with van der Waals surface area (Å²) >= 11 is 10.3. The Hall–Kier alpha value is -0.710. The van der Waals surface area contributed by atoms with Crippen molar-refractivity contribution in [2.24, 2.45) is 0 Å². The summed E-state index contributed by atoms with van der Waals surface area (Å²) < 4.78 is 0. The lowest BCUT2D eigenvalue weighted by Gasteiger charge is -2.32. The van der Waals surface area contributed by atoms with Crippen molar-refractivity contribution in [1.29, 1.82) is 0 Å². The Bertz CT molecular complexity index is 473. The summed E-state index contributed by atoms with van der Waals surface area (Å²) in [6.45, 7) is 5.45. The van der Waals surface area contributed by atoms with E-state index in [9.17, 15) is 4.79 Å². The summed E-state index contributed by atoms with van der Waals surface area (Å²) in [7, 11) is 0. The largest absolute Gasteiger partial charge is 0.349 e. The molecule has 0 atom stereocenters. The minimum atomic E-state index is -0.0974. The Kier molecular flexibility index (Phi) is 5.75. The molecule has 1 saturated heterocycles. The lowest BCUT2D eigenvalue weighted by Crippen LogP contribution is -2.44. The highest BCUT2D eigenvalue weighted by Crippen LogP contribution is 2.20. The van der Waals surface area contributed by atoms with Crippen LogP contribution >= 0.6 is 24.2 Å². The molecule has 0 saturated carbocycles. The molecule has 1 aliphatic rings. The van der Waals surface area contributed by atoms with Crippen molar-refractivity contribution < 1.29 is 4.79 Å². The zero-order valence-corrected chi connectivity index (χ0v) is 13.4. The molecule has 1 aliphatic heterocycles. The second kappa shape index (κ2) is 7.34. The van der Waals surface area contributed by atoms with Crippen LogP contribution in [0, 0.1) is 0 Å². The molecule has 3 nitrogen and oxygen atoms in total. The summed E-state index contributed by atoms with van der Waals surface area (Å²) in [5, 5.41) is 3.56. The Morgan fingerprint density at radius 3 is 2.80 bits per heavy atom. The van der Waals surface area contributed by atoms with Crippen LogP contribution in [0.4, 0.5) is 0 Å². The van der Waals surface area contributed by atoms with E-state index in [1.165, 1.54) is 6.42 Å². The van der Waals surface area contributed by atoms with Gasteiger partial charge in [0.2, 0.25) is 0 Å². The lowest BCUT2D eigenvalue weighted by molar-refractivity contribution is 0.0911. The third kappa shape index (κ3) is 4.14. The van der Waals surface area contributed by atoms with Crippen LogP contribution in [0.25, 0.3) is 0 Å². The first-order valence-corrected chi connectivity index (χ1v) is 7.94. The van der Waals surface area contributed by atoms with E-state index >= 15 is 0 Å². The van der Waals surface area contributed by atoms with Gasteiger partial charge in [0.15, 0.2) is 0 Å². The molecule has 2 rings (SSSR count). The van der Waals surface area contributed by atoms with E-state index in [0.29, 0.717) is 10.6 Å². The number of piperidine rings is 1. The molecular weight excluding hydrogens is 292 g/mol. The quantitative estimate of drug-likeness (QED) is 0.837. The number of thiol groups is 1. The summed E-state index contributed by atoms with van der Waals surface area (Å²) in [5.41, 5.74) is 0.509. The summed E-state index contributed by atoms with van der Waals surface area (Å²) in [5.74, 6) is -0.0974. The fourth-order valence-corrected chi connectivity index (χ4v) is 2.97. The average molecular weight is 313 g/mol. The second-order valence-electron chi connectivity index (χ2n) is 5.25. The minimum absolute atomic E-state index is 0.0974. The first-order chi connectivity index (χ1) is 9.60. The van der Waals surface area contributed by atoms with E-state index in [2.05, 4.69) is 29.8 Å². The normalized spacial score (nSPS) is 17.1. The lowest BCUT2D eigenvalue weighted by atomic mass is 10.0. The molecule has 0 unspecified atom stereocenters. The maximum absolute atomic E-state index is 12.3. The Morgan fingerprint density at radius 2 is 2.15 bits per heavy atom. The Balaban J connectivity index is 1.91. The van der Waals surface area contributed by atoms with Crippen LogP contribution in [0.15, 0.2) is 23.1 Å². The number of hydrogen-bond donors (Lipinski definition) is 2. The molecule has 0 spiro atoms. The molecule has 1 fully saturated rings. The zero-order valence-electron chi connectivity index (χ0n) is 11.7. The van der Waals surface area contributed by atoms with Gasteiger partial charge >= 0.3 is 0 Å². The molecule has 110 valence electrons. The van der Waals surface area contributed by atoms with Crippen molar-refractivity contribution in [3.05, 3.63) is 28.8 Å². The highest BCUT2D eigenvalue weighted by atomic mass is 35.5. The van der Waals surface area contributed by atoms with Crippen LogP contribution in [-0.4, -0.2) is 36.5 Å². The molecule has 1 aromatic carbocycles. The Morgan fingerprint density at radius 1 is 1.45 bits per heavy atom. The van der Waals surface area contributed by atoms with Gasteiger partial charge < -0.3 is 10.2 Å². The number of rotatable bonds is 4. The van der Waals surface area contributed by atoms with Gasteiger partial charge in [-0.3, -0.25) is 4.79 Å². The maximum Gasteiger partial charge on any atom is 0.253 e. The van der Waals surface area contributed by atoms with E-state index in [0.717, 1.165) is 37.4 Å². The van der Waals surface area contributed by atoms with Crippen molar-refractivity contribution in [2.45, 2.75) is 37.1 Å². The molecule has 0 radical (unpaired) electrons. The third-order valence-electron chi connectivity index (χ3n) is 3.66.